The molecule has 6 nitrogen and oxygen atoms in total. The third-order valence-electron chi connectivity index (χ3n) is 6.85. The number of carbonyl (C=O) groups excluding carboxylic acids is 3. The summed E-state index contributed by atoms with van der Waals surface area (Å²) in [5, 5.41) is 8.89. The largest absolute Gasteiger partial charge is 0.356 e. The zero-order valence-corrected chi connectivity index (χ0v) is 22.6. The lowest BCUT2D eigenvalue weighted by atomic mass is 9.85. The Morgan fingerprint density at radius 1 is 0.758 bits per heavy atom. The lowest BCUT2D eigenvalue weighted by molar-refractivity contribution is -0.125. The molecule has 3 fully saturated rings. The average molecular weight is 466 g/mol. The molecule has 3 saturated carbocycles. The first kappa shape index (κ1) is 29.4. The Hall–Kier alpha value is -1.59. The van der Waals surface area contributed by atoms with Crippen LogP contribution in [0, 0.1) is 35.0 Å². The number of rotatable bonds is 9. The van der Waals surface area contributed by atoms with E-state index in [1.807, 2.05) is 41.5 Å². The van der Waals surface area contributed by atoms with E-state index in [0.29, 0.717) is 11.5 Å². The molecule has 1 unspecified atom stereocenters. The van der Waals surface area contributed by atoms with E-state index in [2.05, 4.69) is 29.8 Å². The fourth-order valence-electron chi connectivity index (χ4n) is 3.15. The zero-order chi connectivity index (χ0) is 25.2. The summed E-state index contributed by atoms with van der Waals surface area (Å²) in [6.45, 7) is 17.6. The minimum Gasteiger partial charge on any atom is -0.356 e. The minimum absolute atomic E-state index is 0.121. The SMILES string of the molecule is CC(C)C(=O)NC(C)C1CC1.CC(C)C(=O)NCC1(C)CC1.CC(C)C(=O)NCC1CCC1. The molecule has 0 aliphatic heterocycles. The molecule has 0 aromatic heterocycles. The summed E-state index contributed by atoms with van der Waals surface area (Å²) in [5.41, 5.74) is 0.435. The first-order valence-corrected chi connectivity index (χ1v) is 13.2. The zero-order valence-electron chi connectivity index (χ0n) is 22.6. The molecule has 0 bridgehead atoms. The molecule has 3 rings (SSSR count). The van der Waals surface area contributed by atoms with E-state index in [1.54, 1.807) is 0 Å². The van der Waals surface area contributed by atoms with Crippen LogP contribution in [0.4, 0.5) is 0 Å². The van der Waals surface area contributed by atoms with Gasteiger partial charge in [0.15, 0.2) is 0 Å². The Balaban J connectivity index is 0.000000247. The van der Waals surface area contributed by atoms with E-state index >= 15 is 0 Å². The maximum atomic E-state index is 11.2. The first-order valence-electron chi connectivity index (χ1n) is 13.2. The van der Waals surface area contributed by atoms with E-state index in [1.165, 1.54) is 44.9 Å². The van der Waals surface area contributed by atoms with Crippen molar-refractivity contribution in [3.8, 4) is 0 Å². The predicted molar refractivity (Wildman–Crippen MR) is 136 cm³/mol. The van der Waals surface area contributed by atoms with Crippen LogP contribution in [0.3, 0.4) is 0 Å². The van der Waals surface area contributed by atoms with Crippen LogP contribution in [0.15, 0.2) is 0 Å². The fourth-order valence-corrected chi connectivity index (χ4v) is 3.15. The molecule has 0 radical (unpaired) electrons. The highest BCUT2D eigenvalue weighted by Crippen LogP contribution is 2.44. The quantitative estimate of drug-likeness (QED) is 0.462. The van der Waals surface area contributed by atoms with Crippen molar-refractivity contribution >= 4 is 17.7 Å². The Kier molecular flexibility index (Phi) is 12.5. The molecule has 1 atom stereocenters. The van der Waals surface area contributed by atoms with Gasteiger partial charge in [-0.25, -0.2) is 0 Å². The molecule has 192 valence electrons. The predicted octanol–water partition coefficient (Wildman–Crippen LogP) is 4.67. The summed E-state index contributed by atoms with van der Waals surface area (Å²) >= 11 is 0. The van der Waals surface area contributed by atoms with Gasteiger partial charge in [0, 0.05) is 36.9 Å². The van der Waals surface area contributed by atoms with Crippen molar-refractivity contribution in [3.05, 3.63) is 0 Å². The molecule has 3 N–H and O–H groups in total. The van der Waals surface area contributed by atoms with Crippen molar-refractivity contribution in [2.45, 2.75) is 106 Å². The van der Waals surface area contributed by atoms with Crippen LogP contribution in [-0.2, 0) is 14.4 Å². The maximum Gasteiger partial charge on any atom is 0.222 e. The van der Waals surface area contributed by atoms with Crippen LogP contribution < -0.4 is 16.0 Å². The van der Waals surface area contributed by atoms with Crippen LogP contribution in [0.1, 0.15) is 100 Å². The smallest absolute Gasteiger partial charge is 0.222 e. The molecule has 0 aromatic rings. The van der Waals surface area contributed by atoms with Crippen molar-refractivity contribution in [1.29, 1.82) is 0 Å². The van der Waals surface area contributed by atoms with Crippen LogP contribution >= 0.6 is 0 Å². The van der Waals surface area contributed by atoms with Gasteiger partial charge in [-0.15, -0.1) is 0 Å². The first-order chi connectivity index (χ1) is 15.3. The van der Waals surface area contributed by atoms with Crippen LogP contribution in [0.2, 0.25) is 0 Å². The lowest BCUT2D eigenvalue weighted by Gasteiger charge is -2.25. The van der Waals surface area contributed by atoms with E-state index in [4.69, 9.17) is 0 Å². The highest BCUT2D eigenvalue weighted by atomic mass is 16.2. The molecule has 6 heteroatoms. The second-order valence-corrected chi connectivity index (χ2v) is 11.7. The summed E-state index contributed by atoms with van der Waals surface area (Å²) < 4.78 is 0. The van der Waals surface area contributed by atoms with Crippen molar-refractivity contribution < 1.29 is 14.4 Å². The van der Waals surface area contributed by atoms with Crippen molar-refractivity contribution in [2.75, 3.05) is 13.1 Å². The molecule has 0 spiro atoms. The number of amides is 3. The molecular weight excluding hydrogens is 414 g/mol. The van der Waals surface area contributed by atoms with Gasteiger partial charge >= 0.3 is 0 Å². The van der Waals surface area contributed by atoms with Gasteiger partial charge in [-0.2, -0.15) is 0 Å². The lowest BCUT2D eigenvalue weighted by Crippen LogP contribution is -2.36. The molecule has 33 heavy (non-hydrogen) atoms. The third kappa shape index (κ3) is 13.0. The molecule has 0 aromatic carbocycles. The fraction of sp³-hybridized carbons (Fsp3) is 0.889. The second-order valence-electron chi connectivity index (χ2n) is 11.7. The summed E-state index contributed by atoms with van der Waals surface area (Å²) in [6.07, 6.45) is 9.08. The van der Waals surface area contributed by atoms with E-state index < -0.39 is 0 Å². The normalized spacial score (nSPS) is 19.4. The molecule has 0 saturated heterocycles. The van der Waals surface area contributed by atoms with Gasteiger partial charge in [0.25, 0.3) is 0 Å². The Labute approximate surface area is 202 Å². The van der Waals surface area contributed by atoms with E-state index in [0.717, 1.165) is 24.9 Å². The van der Waals surface area contributed by atoms with Gasteiger partial charge in [0.2, 0.25) is 17.7 Å². The topological polar surface area (TPSA) is 87.3 Å². The highest BCUT2D eigenvalue weighted by molar-refractivity contribution is 5.78. The average Bonchev–Trinajstić information content (AvgIpc) is 3.62. The highest BCUT2D eigenvalue weighted by Gasteiger charge is 2.37. The van der Waals surface area contributed by atoms with Crippen LogP contribution in [0.5, 0.6) is 0 Å². The third-order valence-corrected chi connectivity index (χ3v) is 6.85. The number of hydrogen-bond acceptors (Lipinski definition) is 3. The summed E-state index contributed by atoms with van der Waals surface area (Å²) in [5.74, 6) is 2.47. The second kappa shape index (κ2) is 14.0. The van der Waals surface area contributed by atoms with E-state index in [-0.39, 0.29) is 35.5 Å². The summed E-state index contributed by atoms with van der Waals surface area (Å²) in [6, 6.07) is 0.393. The van der Waals surface area contributed by atoms with Crippen molar-refractivity contribution in [3.63, 3.8) is 0 Å². The van der Waals surface area contributed by atoms with Gasteiger partial charge in [0.05, 0.1) is 0 Å². The number of hydrogen-bond donors (Lipinski definition) is 3. The van der Waals surface area contributed by atoms with Gasteiger partial charge in [-0.05, 0) is 62.7 Å². The van der Waals surface area contributed by atoms with Gasteiger partial charge < -0.3 is 16.0 Å². The van der Waals surface area contributed by atoms with Crippen LogP contribution in [-0.4, -0.2) is 36.9 Å². The molecule has 3 aliphatic carbocycles. The van der Waals surface area contributed by atoms with Crippen molar-refractivity contribution in [1.82, 2.24) is 16.0 Å². The van der Waals surface area contributed by atoms with Gasteiger partial charge in [-0.1, -0.05) is 54.9 Å². The summed E-state index contributed by atoms with van der Waals surface area (Å²) in [4.78, 5) is 33.4. The Morgan fingerprint density at radius 3 is 1.61 bits per heavy atom. The molecular formula is C27H51N3O3. The molecule has 0 heterocycles. The minimum atomic E-state index is 0.121. The molecule has 3 amide bonds. The Bertz CT molecular complexity index is 618. The maximum absolute atomic E-state index is 11.2. The van der Waals surface area contributed by atoms with E-state index in [9.17, 15) is 14.4 Å². The van der Waals surface area contributed by atoms with Gasteiger partial charge in [0.1, 0.15) is 0 Å². The van der Waals surface area contributed by atoms with Crippen LogP contribution in [0.25, 0.3) is 0 Å². The van der Waals surface area contributed by atoms with Gasteiger partial charge in [-0.3, -0.25) is 14.4 Å². The number of carbonyl (C=O) groups is 3. The Morgan fingerprint density at radius 2 is 1.24 bits per heavy atom. The monoisotopic (exact) mass is 465 g/mol. The van der Waals surface area contributed by atoms with Crippen molar-refractivity contribution in [2.24, 2.45) is 35.0 Å². The standard InChI is InChI=1S/3C9H17NO/c1-7(2)8(11)10-6-9(3)4-5-9;1-6(2)9(11)10-7(3)8-4-5-8;1-7(2)9(11)10-6-8-4-3-5-8/h7H,4-6H2,1-3H3,(H,10,11);6-8H,4-5H2,1-3H3,(H,10,11);7-8H,3-6H2,1-2H3,(H,10,11). The summed E-state index contributed by atoms with van der Waals surface area (Å²) in [7, 11) is 0. The molecule has 3 aliphatic rings. The number of nitrogens with one attached hydrogen (secondary N) is 3.